The van der Waals surface area contributed by atoms with Gasteiger partial charge in [-0.25, -0.2) is 0 Å². The molecule has 2 nitrogen and oxygen atoms in total. The van der Waals surface area contributed by atoms with Gasteiger partial charge in [-0.1, -0.05) is 49.7 Å². The molecule has 0 radical (unpaired) electrons. The molecule has 4 heteroatoms. The zero-order valence-electron chi connectivity index (χ0n) is 13.5. The number of thioether (sulfide) groups is 1. The maximum absolute atomic E-state index is 3.63. The van der Waals surface area contributed by atoms with E-state index in [0.29, 0.717) is 16.4 Å². The fourth-order valence-electron chi connectivity index (χ4n) is 2.85. The first-order valence-electron chi connectivity index (χ1n) is 7.85. The molecule has 1 aromatic carbocycles. The van der Waals surface area contributed by atoms with Gasteiger partial charge in [0.15, 0.2) is 0 Å². The van der Waals surface area contributed by atoms with E-state index in [0.717, 1.165) is 26.2 Å². The second-order valence-corrected chi connectivity index (χ2v) is 9.26. The Morgan fingerprint density at radius 1 is 1.29 bits per heavy atom. The third-order valence-electron chi connectivity index (χ3n) is 3.68. The van der Waals surface area contributed by atoms with Crippen LogP contribution in [0.5, 0.6) is 0 Å². The average molecular weight is 371 g/mol. The van der Waals surface area contributed by atoms with Gasteiger partial charge in [0.05, 0.1) is 0 Å². The molecule has 118 valence electrons. The molecular weight excluding hydrogens is 344 g/mol. The van der Waals surface area contributed by atoms with Gasteiger partial charge in [0.2, 0.25) is 0 Å². The molecule has 0 aromatic heterocycles. The zero-order chi connectivity index (χ0) is 15.4. The van der Waals surface area contributed by atoms with Crippen molar-refractivity contribution in [2.45, 2.75) is 44.7 Å². The molecule has 1 aliphatic rings. The van der Waals surface area contributed by atoms with Gasteiger partial charge in [0.25, 0.3) is 0 Å². The van der Waals surface area contributed by atoms with Crippen molar-refractivity contribution in [3.8, 4) is 0 Å². The molecule has 1 N–H and O–H groups in total. The summed E-state index contributed by atoms with van der Waals surface area (Å²) in [5.41, 5.74) is 2.80. The van der Waals surface area contributed by atoms with Crippen LogP contribution in [0.4, 0.5) is 5.69 Å². The highest BCUT2D eigenvalue weighted by atomic mass is 79.9. The van der Waals surface area contributed by atoms with E-state index in [4.69, 9.17) is 0 Å². The smallest absolute Gasteiger partial charge is 0.0423 e. The third-order valence-corrected chi connectivity index (χ3v) is 5.40. The van der Waals surface area contributed by atoms with E-state index in [1.807, 2.05) is 0 Å². The quantitative estimate of drug-likeness (QED) is 0.819. The van der Waals surface area contributed by atoms with Crippen LogP contribution in [0.2, 0.25) is 0 Å². The summed E-state index contributed by atoms with van der Waals surface area (Å²) in [6.07, 6.45) is 0. The molecule has 2 unspecified atom stereocenters. The molecule has 0 amide bonds. The van der Waals surface area contributed by atoms with E-state index >= 15 is 0 Å². The fourth-order valence-corrected chi connectivity index (χ4v) is 4.53. The Labute approximate surface area is 142 Å². The molecule has 1 aliphatic heterocycles. The van der Waals surface area contributed by atoms with Crippen LogP contribution >= 0.6 is 27.7 Å². The number of nitrogens with zero attached hydrogens (tertiary/aromatic N) is 1. The number of benzene rings is 1. The molecule has 2 rings (SSSR count). The Hall–Kier alpha value is -0.190. The molecular formula is C17H27BrN2S. The SMILES string of the molecule is CC(C)CNCc1ccc(Br)cc1N1CC(C)SC(C)C1. The Kier molecular flexibility index (Phi) is 6.45. The molecule has 1 saturated heterocycles. The number of nitrogens with one attached hydrogen (secondary N) is 1. The summed E-state index contributed by atoms with van der Waals surface area (Å²) in [4.78, 5) is 2.56. The first-order chi connectivity index (χ1) is 9.95. The van der Waals surface area contributed by atoms with E-state index in [-0.39, 0.29) is 0 Å². The van der Waals surface area contributed by atoms with Gasteiger partial charge in [-0.2, -0.15) is 11.8 Å². The normalized spacial score (nSPS) is 22.9. The van der Waals surface area contributed by atoms with Crippen LogP contribution in [0.15, 0.2) is 22.7 Å². The molecule has 0 aliphatic carbocycles. The highest BCUT2D eigenvalue weighted by Crippen LogP contribution is 2.32. The summed E-state index contributed by atoms with van der Waals surface area (Å²) in [5, 5.41) is 4.97. The summed E-state index contributed by atoms with van der Waals surface area (Å²) >= 11 is 5.73. The van der Waals surface area contributed by atoms with Crippen molar-refractivity contribution in [3.63, 3.8) is 0 Å². The molecule has 2 atom stereocenters. The average Bonchev–Trinajstić information content (AvgIpc) is 2.39. The molecule has 0 bridgehead atoms. The number of anilines is 1. The van der Waals surface area contributed by atoms with Gasteiger partial charge in [0.1, 0.15) is 0 Å². The molecule has 0 spiro atoms. The standard InChI is InChI=1S/C17H27BrN2S/c1-12(2)8-19-9-15-5-6-16(18)7-17(15)20-10-13(3)21-14(4)11-20/h5-7,12-14,19H,8-11H2,1-4H3. The van der Waals surface area contributed by atoms with Crippen molar-refractivity contribution < 1.29 is 0 Å². The van der Waals surface area contributed by atoms with E-state index in [9.17, 15) is 0 Å². The van der Waals surface area contributed by atoms with Crippen molar-refractivity contribution in [3.05, 3.63) is 28.2 Å². The lowest BCUT2D eigenvalue weighted by molar-refractivity contribution is 0.551. The largest absolute Gasteiger partial charge is 0.369 e. The van der Waals surface area contributed by atoms with Crippen molar-refractivity contribution in [1.82, 2.24) is 5.32 Å². The van der Waals surface area contributed by atoms with Gasteiger partial charge in [0, 0.05) is 40.3 Å². The summed E-state index contributed by atoms with van der Waals surface area (Å²) in [6.45, 7) is 13.5. The molecule has 0 saturated carbocycles. The van der Waals surface area contributed by atoms with E-state index in [1.54, 1.807) is 0 Å². The number of halogens is 1. The molecule has 1 fully saturated rings. The highest BCUT2D eigenvalue weighted by Gasteiger charge is 2.24. The number of hydrogen-bond donors (Lipinski definition) is 1. The summed E-state index contributed by atoms with van der Waals surface area (Å²) in [7, 11) is 0. The Bertz CT molecular complexity index is 454. The first-order valence-corrected chi connectivity index (χ1v) is 9.59. The zero-order valence-corrected chi connectivity index (χ0v) is 15.9. The van der Waals surface area contributed by atoms with Gasteiger partial charge < -0.3 is 10.2 Å². The number of rotatable bonds is 5. The molecule has 1 aromatic rings. The van der Waals surface area contributed by atoms with E-state index in [2.05, 4.69) is 83.8 Å². The predicted octanol–water partition coefficient (Wildman–Crippen LogP) is 4.52. The van der Waals surface area contributed by atoms with E-state index < -0.39 is 0 Å². The first kappa shape index (κ1) is 17.2. The fraction of sp³-hybridized carbons (Fsp3) is 0.647. The van der Waals surface area contributed by atoms with Crippen LogP contribution in [0, 0.1) is 5.92 Å². The van der Waals surface area contributed by atoms with Crippen molar-refractivity contribution in [1.29, 1.82) is 0 Å². The lowest BCUT2D eigenvalue weighted by Crippen LogP contribution is -2.41. The van der Waals surface area contributed by atoms with Crippen molar-refractivity contribution >= 4 is 33.4 Å². The van der Waals surface area contributed by atoms with Crippen molar-refractivity contribution in [2.75, 3.05) is 24.5 Å². The Morgan fingerprint density at radius 2 is 1.95 bits per heavy atom. The summed E-state index contributed by atoms with van der Waals surface area (Å²) in [6, 6.07) is 6.69. The topological polar surface area (TPSA) is 15.3 Å². The molecule has 1 heterocycles. The second kappa shape index (κ2) is 7.89. The lowest BCUT2D eigenvalue weighted by atomic mass is 10.1. The van der Waals surface area contributed by atoms with Gasteiger partial charge in [-0.3, -0.25) is 0 Å². The van der Waals surface area contributed by atoms with Crippen LogP contribution in [0.25, 0.3) is 0 Å². The van der Waals surface area contributed by atoms with Crippen LogP contribution in [0.3, 0.4) is 0 Å². The van der Waals surface area contributed by atoms with E-state index in [1.165, 1.54) is 15.7 Å². The van der Waals surface area contributed by atoms with Crippen LogP contribution < -0.4 is 10.2 Å². The van der Waals surface area contributed by atoms with Crippen LogP contribution in [0.1, 0.15) is 33.3 Å². The minimum Gasteiger partial charge on any atom is -0.369 e. The van der Waals surface area contributed by atoms with Crippen LogP contribution in [-0.4, -0.2) is 30.1 Å². The Morgan fingerprint density at radius 3 is 2.57 bits per heavy atom. The minimum absolute atomic E-state index is 0.690. The van der Waals surface area contributed by atoms with Gasteiger partial charge in [-0.15, -0.1) is 0 Å². The summed E-state index contributed by atoms with van der Waals surface area (Å²) in [5.74, 6) is 0.690. The van der Waals surface area contributed by atoms with Gasteiger partial charge in [-0.05, 0) is 30.2 Å². The maximum atomic E-state index is 3.63. The highest BCUT2D eigenvalue weighted by molar-refractivity contribution is 9.10. The lowest BCUT2D eigenvalue weighted by Gasteiger charge is -2.37. The molecule has 21 heavy (non-hydrogen) atoms. The van der Waals surface area contributed by atoms with Crippen LogP contribution in [-0.2, 0) is 6.54 Å². The third kappa shape index (κ3) is 5.19. The number of hydrogen-bond acceptors (Lipinski definition) is 3. The second-order valence-electron chi connectivity index (χ2n) is 6.46. The Balaban J connectivity index is 2.14. The maximum Gasteiger partial charge on any atom is 0.0423 e. The summed E-state index contributed by atoms with van der Waals surface area (Å²) < 4.78 is 1.17. The minimum atomic E-state index is 0.690. The monoisotopic (exact) mass is 370 g/mol. The van der Waals surface area contributed by atoms with Gasteiger partial charge >= 0.3 is 0 Å². The predicted molar refractivity (Wildman–Crippen MR) is 99.4 cm³/mol. The van der Waals surface area contributed by atoms with Crippen molar-refractivity contribution in [2.24, 2.45) is 5.92 Å².